The maximum Gasteiger partial charge on any atom is 0.138 e. The average molecular weight is 275 g/mol. The van der Waals surface area contributed by atoms with Crippen LogP contribution in [0.15, 0.2) is 0 Å². The van der Waals surface area contributed by atoms with Gasteiger partial charge in [0.25, 0.3) is 0 Å². The van der Waals surface area contributed by atoms with Crippen LogP contribution in [-0.2, 0) is 5.41 Å². The number of nitrogens with one attached hydrogen (secondary N) is 1. The SMILES string of the molecule is CCNc1nc(C(C)(C)C)nc(N(C)CCC#N)c1C. The number of anilines is 2. The number of hydrogen-bond donors (Lipinski definition) is 1. The highest BCUT2D eigenvalue weighted by atomic mass is 15.2. The standard InChI is InChI=1S/C15H25N5/c1-7-17-12-11(2)13(20(6)10-8-9-16)19-14(18-12)15(3,4)5/h7-8,10H2,1-6H3,(H,17,18,19). The molecule has 0 spiro atoms. The Kier molecular flexibility index (Phi) is 5.32. The summed E-state index contributed by atoms with van der Waals surface area (Å²) in [5.74, 6) is 2.60. The van der Waals surface area contributed by atoms with Crippen molar-refractivity contribution in [1.82, 2.24) is 9.97 Å². The van der Waals surface area contributed by atoms with Crippen LogP contribution in [0.1, 0.15) is 45.5 Å². The Balaban J connectivity index is 3.27. The fourth-order valence-electron chi connectivity index (χ4n) is 1.88. The molecule has 5 nitrogen and oxygen atoms in total. The van der Waals surface area contributed by atoms with Gasteiger partial charge in [-0.1, -0.05) is 20.8 Å². The first-order valence-corrected chi connectivity index (χ1v) is 7.02. The average Bonchev–Trinajstić information content (AvgIpc) is 2.37. The maximum absolute atomic E-state index is 8.73. The molecule has 1 heterocycles. The summed E-state index contributed by atoms with van der Waals surface area (Å²) in [5.41, 5.74) is 0.920. The van der Waals surface area contributed by atoms with Crippen molar-refractivity contribution in [3.05, 3.63) is 11.4 Å². The van der Waals surface area contributed by atoms with Gasteiger partial charge < -0.3 is 10.2 Å². The Morgan fingerprint density at radius 1 is 1.30 bits per heavy atom. The Morgan fingerprint density at radius 3 is 2.45 bits per heavy atom. The fraction of sp³-hybridized carbons (Fsp3) is 0.667. The topological polar surface area (TPSA) is 64.8 Å². The Bertz CT molecular complexity index is 496. The summed E-state index contributed by atoms with van der Waals surface area (Å²) in [6.45, 7) is 11.9. The third kappa shape index (κ3) is 3.83. The van der Waals surface area contributed by atoms with Crippen molar-refractivity contribution >= 4 is 11.6 Å². The number of hydrogen-bond acceptors (Lipinski definition) is 5. The van der Waals surface area contributed by atoms with Crippen molar-refractivity contribution in [2.24, 2.45) is 0 Å². The van der Waals surface area contributed by atoms with Crippen LogP contribution < -0.4 is 10.2 Å². The lowest BCUT2D eigenvalue weighted by Gasteiger charge is -2.25. The molecule has 0 bridgehead atoms. The predicted octanol–water partition coefficient (Wildman–Crippen LogP) is 2.86. The Labute approximate surface area is 122 Å². The zero-order valence-corrected chi connectivity index (χ0v) is 13.4. The van der Waals surface area contributed by atoms with Crippen molar-refractivity contribution < 1.29 is 0 Å². The van der Waals surface area contributed by atoms with E-state index in [1.807, 2.05) is 18.9 Å². The Hall–Kier alpha value is -1.83. The molecule has 0 radical (unpaired) electrons. The summed E-state index contributed by atoms with van der Waals surface area (Å²) in [6, 6.07) is 2.17. The summed E-state index contributed by atoms with van der Waals surface area (Å²) in [4.78, 5) is 11.4. The van der Waals surface area contributed by atoms with Crippen molar-refractivity contribution in [3.8, 4) is 6.07 Å². The van der Waals surface area contributed by atoms with Crippen LogP contribution in [0.25, 0.3) is 0 Å². The molecule has 1 rings (SSSR count). The molecule has 0 aliphatic heterocycles. The first kappa shape index (κ1) is 16.2. The largest absolute Gasteiger partial charge is 0.370 e. The third-order valence-corrected chi connectivity index (χ3v) is 3.06. The van der Waals surface area contributed by atoms with E-state index in [9.17, 15) is 0 Å². The van der Waals surface area contributed by atoms with Crippen molar-refractivity contribution in [3.63, 3.8) is 0 Å². The van der Waals surface area contributed by atoms with E-state index in [4.69, 9.17) is 10.2 Å². The van der Waals surface area contributed by atoms with Gasteiger partial charge in [0.1, 0.15) is 17.5 Å². The molecular formula is C15H25N5. The van der Waals surface area contributed by atoms with Gasteiger partial charge in [0.05, 0.1) is 12.5 Å². The molecule has 0 aliphatic carbocycles. The first-order valence-electron chi connectivity index (χ1n) is 7.02. The van der Waals surface area contributed by atoms with Crippen molar-refractivity contribution in [1.29, 1.82) is 5.26 Å². The highest BCUT2D eigenvalue weighted by Gasteiger charge is 2.22. The highest BCUT2D eigenvalue weighted by molar-refractivity contribution is 5.58. The van der Waals surface area contributed by atoms with Crippen LogP contribution >= 0.6 is 0 Å². The van der Waals surface area contributed by atoms with E-state index >= 15 is 0 Å². The molecule has 1 N–H and O–H groups in total. The van der Waals surface area contributed by atoms with E-state index in [1.165, 1.54) is 0 Å². The lowest BCUT2D eigenvalue weighted by Crippen LogP contribution is -2.25. The van der Waals surface area contributed by atoms with Gasteiger partial charge in [-0.15, -0.1) is 0 Å². The van der Waals surface area contributed by atoms with E-state index < -0.39 is 0 Å². The van der Waals surface area contributed by atoms with Gasteiger partial charge in [0.2, 0.25) is 0 Å². The molecule has 0 unspecified atom stereocenters. The van der Waals surface area contributed by atoms with Gasteiger partial charge in [-0.25, -0.2) is 9.97 Å². The molecule has 0 saturated carbocycles. The van der Waals surface area contributed by atoms with Gasteiger partial charge in [-0.05, 0) is 13.8 Å². The second kappa shape index (κ2) is 6.56. The smallest absolute Gasteiger partial charge is 0.138 e. The molecule has 0 aromatic carbocycles. The molecule has 0 atom stereocenters. The monoisotopic (exact) mass is 275 g/mol. The normalized spacial score (nSPS) is 11.1. The molecule has 0 fully saturated rings. The van der Waals surface area contributed by atoms with Gasteiger partial charge >= 0.3 is 0 Å². The van der Waals surface area contributed by atoms with Crippen LogP contribution in [0.5, 0.6) is 0 Å². The van der Waals surface area contributed by atoms with Crippen LogP contribution in [0, 0.1) is 18.3 Å². The zero-order valence-electron chi connectivity index (χ0n) is 13.4. The highest BCUT2D eigenvalue weighted by Crippen LogP contribution is 2.27. The minimum Gasteiger partial charge on any atom is -0.370 e. The quantitative estimate of drug-likeness (QED) is 0.895. The molecular weight excluding hydrogens is 250 g/mol. The summed E-state index contributed by atoms with van der Waals surface area (Å²) >= 11 is 0. The molecule has 1 aromatic rings. The summed E-state index contributed by atoms with van der Waals surface area (Å²) in [6.07, 6.45) is 0.487. The van der Waals surface area contributed by atoms with Crippen LogP contribution in [0.4, 0.5) is 11.6 Å². The van der Waals surface area contributed by atoms with Crippen LogP contribution in [0.3, 0.4) is 0 Å². The minimum atomic E-state index is -0.108. The second-order valence-electron chi connectivity index (χ2n) is 5.95. The number of nitriles is 1. The van der Waals surface area contributed by atoms with E-state index in [0.29, 0.717) is 13.0 Å². The molecule has 110 valence electrons. The lowest BCUT2D eigenvalue weighted by atomic mass is 9.95. The van der Waals surface area contributed by atoms with E-state index in [-0.39, 0.29) is 5.41 Å². The maximum atomic E-state index is 8.73. The molecule has 0 aliphatic rings. The predicted molar refractivity (Wildman–Crippen MR) is 83.1 cm³/mol. The van der Waals surface area contributed by atoms with Crippen LogP contribution in [-0.4, -0.2) is 30.1 Å². The van der Waals surface area contributed by atoms with E-state index in [1.54, 1.807) is 0 Å². The molecule has 5 heteroatoms. The summed E-state index contributed by atoms with van der Waals surface area (Å²) in [5, 5.41) is 12.0. The van der Waals surface area contributed by atoms with E-state index in [0.717, 1.165) is 29.6 Å². The zero-order chi connectivity index (χ0) is 15.3. The first-order chi connectivity index (χ1) is 9.31. The van der Waals surface area contributed by atoms with Crippen LogP contribution in [0.2, 0.25) is 0 Å². The molecule has 0 saturated heterocycles. The van der Waals surface area contributed by atoms with Gasteiger partial charge in [-0.2, -0.15) is 5.26 Å². The van der Waals surface area contributed by atoms with E-state index in [2.05, 4.69) is 44.1 Å². The van der Waals surface area contributed by atoms with Gasteiger partial charge in [0, 0.05) is 31.1 Å². The molecule has 1 aromatic heterocycles. The Morgan fingerprint density at radius 2 is 1.95 bits per heavy atom. The van der Waals surface area contributed by atoms with Crippen molar-refractivity contribution in [2.75, 3.05) is 30.4 Å². The number of aromatic nitrogens is 2. The van der Waals surface area contributed by atoms with Gasteiger partial charge in [-0.3, -0.25) is 0 Å². The lowest BCUT2D eigenvalue weighted by molar-refractivity contribution is 0.544. The second-order valence-corrected chi connectivity index (χ2v) is 5.95. The number of nitrogens with zero attached hydrogens (tertiary/aromatic N) is 4. The minimum absolute atomic E-state index is 0.108. The van der Waals surface area contributed by atoms with Crippen molar-refractivity contribution in [2.45, 2.75) is 46.5 Å². The molecule has 20 heavy (non-hydrogen) atoms. The summed E-state index contributed by atoms with van der Waals surface area (Å²) < 4.78 is 0. The number of rotatable bonds is 5. The molecule has 0 amide bonds. The van der Waals surface area contributed by atoms with Gasteiger partial charge in [0.15, 0.2) is 0 Å². The third-order valence-electron chi connectivity index (χ3n) is 3.06. The fourth-order valence-corrected chi connectivity index (χ4v) is 1.88. The summed E-state index contributed by atoms with van der Waals surface area (Å²) in [7, 11) is 1.97.